The van der Waals surface area contributed by atoms with Gasteiger partial charge in [0.1, 0.15) is 5.82 Å². The zero-order valence-corrected chi connectivity index (χ0v) is 11.2. The van der Waals surface area contributed by atoms with E-state index < -0.39 is 0 Å². The van der Waals surface area contributed by atoms with E-state index in [4.69, 9.17) is 0 Å². The molecule has 2 heterocycles. The Balaban J connectivity index is 2.47. The molecule has 0 saturated heterocycles. The van der Waals surface area contributed by atoms with Crippen LogP contribution in [0.2, 0.25) is 0 Å². The average molecular weight is 263 g/mol. The molecule has 0 radical (unpaired) electrons. The van der Waals surface area contributed by atoms with Crippen LogP contribution in [0.15, 0.2) is 10.9 Å². The Bertz CT molecular complexity index is 656. The SMILES string of the molecule is CCCC(=O)Nc1cc(=O)[nH]c2nc(C(C)C)nn12. The molecule has 2 rings (SSSR count). The second-order valence-electron chi connectivity index (χ2n) is 4.68. The number of nitrogens with one attached hydrogen (secondary N) is 2. The topological polar surface area (TPSA) is 92.1 Å². The zero-order valence-electron chi connectivity index (χ0n) is 11.2. The van der Waals surface area contributed by atoms with Gasteiger partial charge in [0, 0.05) is 18.4 Å². The van der Waals surface area contributed by atoms with Crippen molar-refractivity contribution in [1.29, 1.82) is 0 Å². The molecule has 0 aliphatic rings. The number of anilines is 1. The quantitative estimate of drug-likeness (QED) is 0.869. The molecule has 1 amide bonds. The summed E-state index contributed by atoms with van der Waals surface area (Å²) in [5, 5.41) is 6.97. The van der Waals surface area contributed by atoms with Crippen molar-refractivity contribution in [3.63, 3.8) is 0 Å². The molecule has 0 fully saturated rings. The summed E-state index contributed by atoms with van der Waals surface area (Å²) >= 11 is 0. The van der Waals surface area contributed by atoms with E-state index in [1.165, 1.54) is 10.6 Å². The van der Waals surface area contributed by atoms with Crippen molar-refractivity contribution in [3.8, 4) is 0 Å². The predicted octanol–water partition coefficient (Wildman–Crippen LogP) is 1.28. The summed E-state index contributed by atoms with van der Waals surface area (Å²) in [6.07, 6.45) is 1.15. The second-order valence-corrected chi connectivity index (χ2v) is 4.68. The van der Waals surface area contributed by atoms with Crippen molar-refractivity contribution in [2.45, 2.75) is 39.5 Å². The van der Waals surface area contributed by atoms with Gasteiger partial charge in [0.05, 0.1) is 0 Å². The monoisotopic (exact) mass is 263 g/mol. The highest BCUT2D eigenvalue weighted by Crippen LogP contribution is 2.12. The van der Waals surface area contributed by atoms with Crippen LogP contribution in [0, 0.1) is 0 Å². The van der Waals surface area contributed by atoms with Gasteiger partial charge in [-0.1, -0.05) is 20.8 Å². The van der Waals surface area contributed by atoms with E-state index in [1.807, 2.05) is 20.8 Å². The van der Waals surface area contributed by atoms with E-state index in [9.17, 15) is 9.59 Å². The molecule has 7 nitrogen and oxygen atoms in total. The third-order valence-electron chi connectivity index (χ3n) is 2.62. The first-order valence-electron chi connectivity index (χ1n) is 6.31. The van der Waals surface area contributed by atoms with Gasteiger partial charge in [-0.3, -0.25) is 14.6 Å². The third-order valence-corrected chi connectivity index (χ3v) is 2.62. The number of fused-ring (bicyclic) bond motifs is 1. The molecule has 0 saturated carbocycles. The zero-order chi connectivity index (χ0) is 14.0. The molecule has 0 bridgehead atoms. The van der Waals surface area contributed by atoms with Crippen molar-refractivity contribution >= 4 is 17.5 Å². The molecule has 0 atom stereocenters. The van der Waals surface area contributed by atoms with E-state index in [2.05, 4.69) is 20.4 Å². The smallest absolute Gasteiger partial charge is 0.254 e. The first-order valence-corrected chi connectivity index (χ1v) is 6.31. The van der Waals surface area contributed by atoms with E-state index in [-0.39, 0.29) is 17.4 Å². The van der Waals surface area contributed by atoms with Crippen LogP contribution in [0.5, 0.6) is 0 Å². The summed E-state index contributed by atoms with van der Waals surface area (Å²) < 4.78 is 1.45. The maximum Gasteiger partial charge on any atom is 0.254 e. The molecule has 7 heteroatoms. The molecule has 0 aromatic carbocycles. The van der Waals surface area contributed by atoms with Gasteiger partial charge >= 0.3 is 0 Å². The van der Waals surface area contributed by atoms with Crippen LogP contribution in [0.25, 0.3) is 5.78 Å². The molecule has 0 aliphatic carbocycles. The number of rotatable bonds is 4. The fraction of sp³-hybridized carbons (Fsp3) is 0.500. The molecule has 0 spiro atoms. The number of nitrogens with zero attached hydrogens (tertiary/aromatic N) is 3. The Morgan fingerprint density at radius 3 is 2.89 bits per heavy atom. The van der Waals surface area contributed by atoms with Gasteiger partial charge in [-0.2, -0.15) is 9.50 Å². The summed E-state index contributed by atoms with van der Waals surface area (Å²) in [5.74, 6) is 1.30. The minimum atomic E-state index is -0.318. The van der Waals surface area contributed by atoms with E-state index in [1.54, 1.807) is 0 Å². The molecule has 19 heavy (non-hydrogen) atoms. The lowest BCUT2D eigenvalue weighted by atomic mass is 10.2. The highest BCUT2D eigenvalue weighted by molar-refractivity contribution is 5.89. The summed E-state index contributed by atoms with van der Waals surface area (Å²) in [6.45, 7) is 5.84. The predicted molar refractivity (Wildman–Crippen MR) is 71.2 cm³/mol. The number of aromatic nitrogens is 4. The summed E-state index contributed by atoms with van der Waals surface area (Å²) in [4.78, 5) is 30.0. The average Bonchev–Trinajstić information content (AvgIpc) is 2.73. The molecule has 2 N–H and O–H groups in total. The third kappa shape index (κ3) is 2.81. The Hall–Kier alpha value is -2.18. The van der Waals surface area contributed by atoms with Crippen LogP contribution >= 0.6 is 0 Å². The normalized spacial score (nSPS) is 11.2. The lowest BCUT2D eigenvalue weighted by Gasteiger charge is -2.05. The highest BCUT2D eigenvalue weighted by atomic mass is 16.2. The summed E-state index contributed by atoms with van der Waals surface area (Å²) in [5.41, 5.74) is -0.318. The first kappa shape index (κ1) is 13.3. The maximum absolute atomic E-state index is 11.6. The number of aromatic amines is 1. The van der Waals surface area contributed by atoms with E-state index >= 15 is 0 Å². The number of H-pyrrole nitrogens is 1. The molecule has 2 aromatic heterocycles. The molecule has 0 aliphatic heterocycles. The molecule has 2 aromatic rings. The molecule has 0 unspecified atom stereocenters. The Morgan fingerprint density at radius 1 is 1.53 bits per heavy atom. The van der Waals surface area contributed by atoms with Crippen LogP contribution in [0.1, 0.15) is 45.4 Å². The number of amides is 1. The van der Waals surface area contributed by atoms with E-state index in [0.717, 1.165) is 6.42 Å². The Kier molecular flexibility index (Phi) is 3.64. The highest BCUT2D eigenvalue weighted by Gasteiger charge is 2.13. The van der Waals surface area contributed by atoms with E-state index in [0.29, 0.717) is 23.8 Å². The van der Waals surface area contributed by atoms with Crippen molar-refractivity contribution in [3.05, 3.63) is 22.2 Å². The first-order chi connectivity index (χ1) is 9.01. The molecular weight excluding hydrogens is 246 g/mol. The van der Waals surface area contributed by atoms with Gasteiger partial charge in [-0.15, -0.1) is 5.10 Å². The van der Waals surface area contributed by atoms with Crippen molar-refractivity contribution in [2.24, 2.45) is 0 Å². The lowest BCUT2D eigenvalue weighted by Crippen LogP contribution is -2.18. The Labute approximate surface area is 110 Å². The largest absolute Gasteiger partial charge is 0.310 e. The van der Waals surface area contributed by atoms with Crippen molar-refractivity contribution < 1.29 is 4.79 Å². The van der Waals surface area contributed by atoms with Gasteiger partial charge in [-0.25, -0.2) is 0 Å². The fourth-order valence-electron chi connectivity index (χ4n) is 1.67. The van der Waals surface area contributed by atoms with Crippen LogP contribution in [0.4, 0.5) is 5.82 Å². The number of hydrogen-bond donors (Lipinski definition) is 2. The number of hydrogen-bond acceptors (Lipinski definition) is 4. The van der Waals surface area contributed by atoms with Gasteiger partial charge in [-0.05, 0) is 6.42 Å². The second kappa shape index (κ2) is 5.21. The lowest BCUT2D eigenvalue weighted by molar-refractivity contribution is -0.116. The van der Waals surface area contributed by atoms with Crippen LogP contribution in [-0.2, 0) is 4.79 Å². The van der Waals surface area contributed by atoms with Crippen LogP contribution in [-0.4, -0.2) is 25.5 Å². The van der Waals surface area contributed by atoms with Gasteiger partial charge in [0.15, 0.2) is 5.82 Å². The number of carbonyl (C=O) groups is 1. The van der Waals surface area contributed by atoms with Crippen LogP contribution < -0.4 is 10.9 Å². The maximum atomic E-state index is 11.6. The summed E-state index contributed by atoms with van der Waals surface area (Å²) in [7, 11) is 0. The fourth-order valence-corrected chi connectivity index (χ4v) is 1.67. The standard InChI is InChI=1S/C12H17N5O2/c1-4-5-9(18)13-8-6-10(19)14-12-15-11(7(2)3)16-17(8)12/h6-7H,4-5H2,1-3H3,(H,13,18)(H,14,15,16,19). The summed E-state index contributed by atoms with van der Waals surface area (Å²) in [6, 6.07) is 1.30. The van der Waals surface area contributed by atoms with Crippen molar-refractivity contribution in [1.82, 2.24) is 19.6 Å². The van der Waals surface area contributed by atoms with Gasteiger partial charge < -0.3 is 5.32 Å². The molecular formula is C12H17N5O2. The molecule has 102 valence electrons. The van der Waals surface area contributed by atoms with Crippen LogP contribution in [0.3, 0.4) is 0 Å². The number of carbonyl (C=O) groups excluding carboxylic acids is 1. The van der Waals surface area contributed by atoms with Gasteiger partial charge in [0.2, 0.25) is 11.7 Å². The van der Waals surface area contributed by atoms with Crippen molar-refractivity contribution in [2.75, 3.05) is 5.32 Å². The Morgan fingerprint density at radius 2 is 2.26 bits per heavy atom. The van der Waals surface area contributed by atoms with Gasteiger partial charge in [0.25, 0.3) is 5.56 Å². The minimum Gasteiger partial charge on any atom is -0.310 e. The minimum absolute atomic E-state index is 0.141.